The summed E-state index contributed by atoms with van der Waals surface area (Å²) in [5, 5.41) is 4.31. The molecule has 1 aromatic rings. The van der Waals surface area contributed by atoms with Crippen LogP contribution in [0.1, 0.15) is 44.1 Å². The van der Waals surface area contributed by atoms with Crippen LogP contribution in [0, 0.1) is 5.92 Å². The lowest BCUT2D eigenvalue weighted by atomic mass is 9.79. The molecule has 7 heteroatoms. The highest BCUT2D eigenvalue weighted by Gasteiger charge is 2.52. The molecule has 0 aliphatic carbocycles. The van der Waals surface area contributed by atoms with E-state index in [1.54, 1.807) is 17.9 Å². The maximum absolute atomic E-state index is 12.6. The number of amides is 2. The Kier molecular flexibility index (Phi) is 5.13. The molecule has 2 unspecified atom stereocenters. The lowest BCUT2D eigenvalue weighted by molar-refractivity contribution is -0.181. The molecule has 2 fully saturated rings. The van der Waals surface area contributed by atoms with Crippen molar-refractivity contribution in [2.75, 3.05) is 20.2 Å². The van der Waals surface area contributed by atoms with Gasteiger partial charge in [0.1, 0.15) is 5.69 Å². The zero-order valence-corrected chi connectivity index (χ0v) is 15.5. The maximum Gasteiger partial charge on any atom is 0.274 e. The number of aromatic nitrogens is 2. The fourth-order valence-electron chi connectivity index (χ4n) is 4.07. The first-order valence-electron chi connectivity index (χ1n) is 9.15. The highest BCUT2D eigenvalue weighted by Crippen LogP contribution is 2.36. The van der Waals surface area contributed by atoms with Gasteiger partial charge in [0, 0.05) is 39.0 Å². The van der Waals surface area contributed by atoms with Gasteiger partial charge in [0.05, 0.1) is 6.04 Å². The molecule has 3 heterocycles. The number of hydrogen-bond acceptors (Lipinski definition) is 4. The Morgan fingerprint density at radius 2 is 2.04 bits per heavy atom. The van der Waals surface area contributed by atoms with E-state index < -0.39 is 0 Å². The van der Waals surface area contributed by atoms with Gasteiger partial charge in [-0.2, -0.15) is 5.10 Å². The summed E-state index contributed by atoms with van der Waals surface area (Å²) in [7, 11) is 1.61. The van der Waals surface area contributed by atoms with Gasteiger partial charge in [-0.25, -0.2) is 0 Å². The molecule has 0 aromatic carbocycles. The predicted molar refractivity (Wildman–Crippen MR) is 93.1 cm³/mol. The smallest absolute Gasteiger partial charge is 0.274 e. The van der Waals surface area contributed by atoms with Crippen molar-refractivity contribution in [3.8, 4) is 0 Å². The minimum atomic E-state index is -0.324. The van der Waals surface area contributed by atoms with E-state index in [2.05, 4.69) is 5.10 Å². The molecule has 1 aromatic heterocycles. The number of methoxy groups -OCH3 is 1. The highest BCUT2D eigenvalue weighted by atomic mass is 16.5. The van der Waals surface area contributed by atoms with Gasteiger partial charge in [-0.1, -0.05) is 0 Å². The summed E-state index contributed by atoms with van der Waals surface area (Å²) in [4.78, 5) is 28.6. The van der Waals surface area contributed by atoms with Gasteiger partial charge in [-0.15, -0.1) is 0 Å². The summed E-state index contributed by atoms with van der Waals surface area (Å²) < 4.78 is 7.19. The third-order valence-corrected chi connectivity index (χ3v) is 5.43. The van der Waals surface area contributed by atoms with Crippen molar-refractivity contribution < 1.29 is 14.3 Å². The topological polar surface area (TPSA) is 67.7 Å². The van der Waals surface area contributed by atoms with Gasteiger partial charge in [-0.05, 0) is 45.6 Å². The van der Waals surface area contributed by atoms with Crippen LogP contribution in [0.5, 0.6) is 0 Å². The number of nitrogens with zero attached hydrogens (tertiary/aromatic N) is 4. The number of carbonyl (C=O) groups is 2. The second-order valence-electron chi connectivity index (χ2n) is 7.17. The minimum absolute atomic E-state index is 0.000608. The lowest BCUT2D eigenvalue weighted by Crippen LogP contribution is -2.70. The van der Waals surface area contributed by atoms with Crippen LogP contribution in [-0.4, -0.2) is 69.8 Å². The summed E-state index contributed by atoms with van der Waals surface area (Å²) in [6, 6.07) is 2.10. The largest absolute Gasteiger partial charge is 0.369 e. The zero-order chi connectivity index (χ0) is 18.1. The van der Waals surface area contributed by atoms with Crippen molar-refractivity contribution in [2.24, 2.45) is 5.92 Å². The first-order valence-corrected chi connectivity index (χ1v) is 9.15. The van der Waals surface area contributed by atoms with Crippen molar-refractivity contribution in [2.45, 2.75) is 58.3 Å². The van der Waals surface area contributed by atoms with Crippen molar-refractivity contribution in [1.29, 1.82) is 0 Å². The first-order chi connectivity index (χ1) is 12.0. The SMILES string of the molecule is CCn1ccc(C(=O)N2CCC(C3C(OC)C(=O)N3C(C)C)CC2)n1. The summed E-state index contributed by atoms with van der Waals surface area (Å²) in [5.41, 5.74) is 0.512. The Morgan fingerprint density at radius 1 is 1.36 bits per heavy atom. The van der Waals surface area contributed by atoms with Gasteiger partial charge in [0.2, 0.25) is 0 Å². The normalized spacial score (nSPS) is 24.8. The molecule has 2 aliphatic rings. The van der Waals surface area contributed by atoms with Gasteiger partial charge >= 0.3 is 0 Å². The minimum Gasteiger partial charge on any atom is -0.369 e. The average molecular weight is 348 g/mol. The Bertz CT molecular complexity index is 634. The summed E-state index contributed by atoms with van der Waals surface area (Å²) in [6.45, 7) is 8.25. The molecule has 7 nitrogen and oxygen atoms in total. The molecule has 3 rings (SSSR count). The molecule has 2 atom stereocenters. The zero-order valence-electron chi connectivity index (χ0n) is 15.5. The Balaban J connectivity index is 1.61. The molecule has 138 valence electrons. The van der Waals surface area contributed by atoms with E-state index >= 15 is 0 Å². The molecule has 2 amide bonds. The first kappa shape index (κ1) is 17.9. The highest BCUT2D eigenvalue weighted by molar-refractivity contribution is 5.92. The number of hydrogen-bond donors (Lipinski definition) is 0. The monoisotopic (exact) mass is 348 g/mol. The molecule has 0 spiro atoms. The summed E-state index contributed by atoms with van der Waals surface area (Å²) in [6.07, 6.45) is 3.29. The van der Waals surface area contributed by atoms with Gasteiger partial charge in [0.25, 0.3) is 11.8 Å². The number of carbonyl (C=O) groups excluding carboxylic acids is 2. The Labute approximate surface area is 148 Å². The third-order valence-electron chi connectivity index (χ3n) is 5.43. The quantitative estimate of drug-likeness (QED) is 0.754. The fourth-order valence-corrected chi connectivity index (χ4v) is 4.07. The second kappa shape index (κ2) is 7.15. The molecule has 2 aliphatic heterocycles. The van der Waals surface area contributed by atoms with E-state index in [4.69, 9.17) is 4.74 Å². The van der Waals surface area contributed by atoms with Crippen molar-refractivity contribution in [3.63, 3.8) is 0 Å². The van der Waals surface area contributed by atoms with Crippen LogP contribution in [0.25, 0.3) is 0 Å². The van der Waals surface area contributed by atoms with Gasteiger partial charge in [-0.3, -0.25) is 14.3 Å². The number of aryl methyl sites for hydroxylation is 1. The summed E-state index contributed by atoms with van der Waals surface area (Å²) >= 11 is 0. The van der Waals surface area contributed by atoms with Crippen LogP contribution in [0.15, 0.2) is 12.3 Å². The fraction of sp³-hybridized carbons (Fsp3) is 0.722. The van der Waals surface area contributed by atoms with Crippen molar-refractivity contribution >= 4 is 11.8 Å². The predicted octanol–water partition coefficient (Wildman–Crippen LogP) is 1.39. The standard InChI is InChI=1S/C18H28N4O3/c1-5-21-11-8-14(19-21)17(23)20-9-6-13(7-10-20)15-16(25-4)18(24)22(15)12(2)3/h8,11-13,15-16H,5-7,9-10H2,1-4H3. The van der Waals surface area contributed by atoms with E-state index in [1.165, 1.54) is 0 Å². The van der Waals surface area contributed by atoms with Crippen LogP contribution in [-0.2, 0) is 16.1 Å². The van der Waals surface area contributed by atoms with Crippen molar-refractivity contribution in [3.05, 3.63) is 18.0 Å². The Morgan fingerprint density at radius 3 is 2.56 bits per heavy atom. The molecule has 0 radical (unpaired) electrons. The average Bonchev–Trinajstić information content (AvgIpc) is 3.08. The molecule has 0 bridgehead atoms. The van der Waals surface area contributed by atoms with Crippen molar-refractivity contribution in [1.82, 2.24) is 19.6 Å². The van der Waals surface area contributed by atoms with Crippen LogP contribution in [0.3, 0.4) is 0 Å². The molecule has 0 saturated carbocycles. The van der Waals surface area contributed by atoms with Gasteiger partial charge in [0.15, 0.2) is 6.10 Å². The lowest BCUT2D eigenvalue weighted by Gasteiger charge is -2.53. The van der Waals surface area contributed by atoms with Crippen LogP contribution >= 0.6 is 0 Å². The van der Waals surface area contributed by atoms with E-state index in [-0.39, 0.29) is 30.0 Å². The molecular weight excluding hydrogens is 320 g/mol. The molecule has 0 N–H and O–H groups in total. The van der Waals surface area contributed by atoms with Gasteiger partial charge < -0.3 is 14.5 Å². The maximum atomic E-state index is 12.6. The number of ether oxygens (including phenoxy) is 1. The number of likely N-dealkylation sites (tertiary alicyclic amines) is 2. The second-order valence-corrected chi connectivity index (χ2v) is 7.17. The van der Waals surface area contributed by atoms with E-state index in [0.29, 0.717) is 24.7 Å². The van der Waals surface area contributed by atoms with E-state index in [9.17, 15) is 9.59 Å². The van der Waals surface area contributed by atoms with Crippen LogP contribution in [0.2, 0.25) is 0 Å². The van der Waals surface area contributed by atoms with Crippen LogP contribution < -0.4 is 0 Å². The van der Waals surface area contributed by atoms with E-state index in [1.807, 2.05) is 36.8 Å². The molecule has 25 heavy (non-hydrogen) atoms. The number of rotatable bonds is 5. The van der Waals surface area contributed by atoms with E-state index in [0.717, 1.165) is 19.4 Å². The molecular formula is C18H28N4O3. The number of β-lactam (4-membered cyclic amide) rings is 1. The summed E-state index contributed by atoms with van der Waals surface area (Å²) in [5.74, 6) is 0.466. The molecule has 2 saturated heterocycles. The third kappa shape index (κ3) is 3.17. The van der Waals surface area contributed by atoms with Crippen LogP contribution in [0.4, 0.5) is 0 Å². The Hall–Kier alpha value is -1.89. The number of piperidine rings is 1.